The van der Waals surface area contributed by atoms with Crippen molar-refractivity contribution >= 4 is 11.7 Å². The highest BCUT2D eigenvalue weighted by Crippen LogP contribution is 2.13. The van der Waals surface area contributed by atoms with Gasteiger partial charge in [-0.2, -0.15) is 0 Å². The van der Waals surface area contributed by atoms with Gasteiger partial charge in [-0.15, -0.1) is 0 Å². The van der Waals surface area contributed by atoms with Crippen molar-refractivity contribution < 1.29 is 18.7 Å². The Kier molecular flexibility index (Phi) is 4.51. The molecular weight excluding hydrogens is 211 g/mol. The van der Waals surface area contributed by atoms with Gasteiger partial charge in [0.05, 0.1) is 6.61 Å². The van der Waals surface area contributed by atoms with Crippen LogP contribution in [0.25, 0.3) is 5.57 Å². The molecular formula is C12H13FO3. The normalized spacial score (nSPS) is 9.62. The molecule has 0 radical (unpaired) electrons. The lowest BCUT2D eigenvalue weighted by Gasteiger charge is -2.07. The van der Waals surface area contributed by atoms with E-state index < -0.39 is 6.16 Å². The van der Waals surface area contributed by atoms with Crippen LogP contribution in [0, 0.1) is 5.82 Å². The van der Waals surface area contributed by atoms with Gasteiger partial charge in [-0.3, -0.25) is 0 Å². The third-order valence-corrected chi connectivity index (χ3v) is 1.88. The van der Waals surface area contributed by atoms with Gasteiger partial charge in [0.15, 0.2) is 0 Å². The van der Waals surface area contributed by atoms with Gasteiger partial charge in [0.2, 0.25) is 0 Å². The van der Waals surface area contributed by atoms with Crippen molar-refractivity contribution in [1.82, 2.24) is 0 Å². The van der Waals surface area contributed by atoms with E-state index in [2.05, 4.69) is 11.3 Å². The van der Waals surface area contributed by atoms with Crippen LogP contribution in [0.3, 0.4) is 0 Å². The summed E-state index contributed by atoms with van der Waals surface area (Å²) in [6, 6.07) is 5.80. The van der Waals surface area contributed by atoms with Gasteiger partial charge in [0.1, 0.15) is 12.4 Å². The van der Waals surface area contributed by atoms with Crippen LogP contribution in [0.2, 0.25) is 0 Å². The maximum absolute atomic E-state index is 12.6. The fourth-order valence-electron chi connectivity index (χ4n) is 1.07. The number of rotatable bonds is 4. The summed E-state index contributed by atoms with van der Waals surface area (Å²) in [6.07, 6.45) is -0.731. The van der Waals surface area contributed by atoms with Gasteiger partial charge in [0, 0.05) is 0 Å². The molecule has 0 unspecified atom stereocenters. The standard InChI is InChI=1S/C12H13FO3/c1-3-15-12(14)16-8-9(2)10-4-6-11(13)7-5-10/h4-7H,2-3,8H2,1H3. The monoisotopic (exact) mass is 224 g/mol. The lowest BCUT2D eigenvalue weighted by Crippen LogP contribution is -2.08. The molecule has 16 heavy (non-hydrogen) atoms. The first-order valence-electron chi connectivity index (χ1n) is 4.86. The summed E-state index contributed by atoms with van der Waals surface area (Å²) >= 11 is 0. The van der Waals surface area contributed by atoms with Crippen molar-refractivity contribution in [3.8, 4) is 0 Å². The van der Waals surface area contributed by atoms with Gasteiger partial charge in [-0.1, -0.05) is 18.7 Å². The predicted octanol–water partition coefficient (Wildman–Crippen LogP) is 3.01. The predicted molar refractivity (Wildman–Crippen MR) is 58.4 cm³/mol. The molecule has 1 aromatic rings. The molecule has 1 aromatic carbocycles. The van der Waals surface area contributed by atoms with E-state index in [-0.39, 0.29) is 19.0 Å². The van der Waals surface area contributed by atoms with Crippen molar-refractivity contribution in [2.75, 3.05) is 13.2 Å². The Labute approximate surface area is 93.5 Å². The van der Waals surface area contributed by atoms with Crippen LogP contribution in [0.4, 0.5) is 9.18 Å². The number of benzene rings is 1. The largest absolute Gasteiger partial charge is 0.508 e. The average Bonchev–Trinajstić information content (AvgIpc) is 2.27. The van der Waals surface area contributed by atoms with E-state index >= 15 is 0 Å². The molecule has 86 valence electrons. The smallest absolute Gasteiger partial charge is 0.435 e. The molecule has 0 atom stereocenters. The molecule has 0 heterocycles. The third kappa shape index (κ3) is 3.73. The molecule has 4 heteroatoms. The molecule has 0 spiro atoms. The van der Waals surface area contributed by atoms with Crippen LogP contribution in [0.5, 0.6) is 0 Å². The van der Waals surface area contributed by atoms with Gasteiger partial charge >= 0.3 is 6.16 Å². The summed E-state index contributed by atoms with van der Waals surface area (Å²) in [6.45, 7) is 5.72. The van der Waals surface area contributed by atoms with Crippen molar-refractivity contribution in [2.24, 2.45) is 0 Å². The zero-order chi connectivity index (χ0) is 12.0. The number of carbonyl (C=O) groups excluding carboxylic acids is 1. The number of hydrogen-bond donors (Lipinski definition) is 0. The van der Waals surface area contributed by atoms with E-state index in [1.165, 1.54) is 12.1 Å². The molecule has 0 aromatic heterocycles. The van der Waals surface area contributed by atoms with Crippen molar-refractivity contribution in [3.63, 3.8) is 0 Å². The summed E-state index contributed by atoms with van der Waals surface area (Å²) in [5.74, 6) is -0.317. The van der Waals surface area contributed by atoms with Crippen molar-refractivity contribution in [2.45, 2.75) is 6.92 Å². The molecule has 0 aliphatic rings. The maximum Gasteiger partial charge on any atom is 0.508 e. The Morgan fingerprint density at radius 2 is 1.94 bits per heavy atom. The zero-order valence-electron chi connectivity index (χ0n) is 9.03. The van der Waals surface area contributed by atoms with E-state index in [1.807, 2.05) is 0 Å². The van der Waals surface area contributed by atoms with Gasteiger partial charge in [0.25, 0.3) is 0 Å². The molecule has 0 N–H and O–H groups in total. The van der Waals surface area contributed by atoms with E-state index in [0.29, 0.717) is 5.57 Å². The highest BCUT2D eigenvalue weighted by Gasteiger charge is 2.05. The third-order valence-electron chi connectivity index (χ3n) is 1.88. The van der Waals surface area contributed by atoms with E-state index in [0.717, 1.165) is 5.56 Å². The highest BCUT2D eigenvalue weighted by molar-refractivity contribution is 5.67. The van der Waals surface area contributed by atoms with Crippen LogP contribution in [-0.2, 0) is 9.47 Å². The Bertz CT molecular complexity index is 370. The van der Waals surface area contributed by atoms with Gasteiger partial charge in [-0.25, -0.2) is 9.18 Å². The molecule has 0 amide bonds. The summed E-state index contributed by atoms with van der Waals surface area (Å²) in [5, 5.41) is 0. The molecule has 0 aliphatic heterocycles. The Hall–Kier alpha value is -1.84. The second-order valence-corrected chi connectivity index (χ2v) is 3.08. The van der Waals surface area contributed by atoms with Crippen LogP contribution in [0.1, 0.15) is 12.5 Å². The molecule has 0 saturated carbocycles. The first-order chi connectivity index (χ1) is 7.63. The lowest BCUT2D eigenvalue weighted by molar-refractivity contribution is 0.0687. The number of halogens is 1. The molecule has 1 rings (SSSR count). The Morgan fingerprint density at radius 3 is 2.50 bits per heavy atom. The van der Waals surface area contributed by atoms with Crippen molar-refractivity contribution in [1.29, 1.82) is 0 Å². The summed E-state index contributed by atoms with van der Waals surface area (Å²) in [7, 11) is 0. The van der Waals surface area contributed by atoms with Gasteiger partial charge < -0.3 is 9.47 Å². The fourth-order valence-corrected chi connectivity index (χ4v) is 1.07. The second kappa shape index (κ2) is 5.90. The number of ether oxygens (including phenoxy) is 2. The molecule has 0 saturated heterocycles. The van der Waals surface area contributed by atoms with Crippen LogP contribution < -0.4 is 0 Å². The van der Waals surface area contributed by atoms with E-state index in [9.17, 15) is 9.18 Å². The molecule has 0 aliphatic carbocycles. The summed E-state index contributed by atoms with van der Waals surface area (Å²) < 4.78 is 22.0. The summed E-state index contributed by atoms with van der Waals surface area (Å²) in [4.78, 5) is 10.9. The van der Waals surface area contributed by atoms with Crippen LogP contribution >= 0.6 is 0 Å². The number of carbonyl (C=O) groups is 1. The maximum atomic E-state index is 12.6. The minimum absolute atomic E-state index is 0.0322. The lowest BCUT2D eigenvalue weighted by atomic mass is 10.1. The minimum atomic E-state index is -0.731. The van der Waals surface area contributed by atoms with Crippen molar-refractivity contribution in [3.05, 3.63) is 42.2 Å². The fraction of sp³-hybridized carbons (Fsp3) is 0.250. The second-order valence-electron chi connectivity index (χ2n) is 3.08. The highest BCUT2D eigenvalue weighted by atomic mass is 19.1. The zero-order valence-corrected chi connectivity index (χ0v) is 9.03. The van der Waals surface area contributed by atoms with Gasteiger partial charge in [-0.05, 0) is 30.2 Å². The Morgan fingerprint density at radius 1 is 1.31 bits per heavy atom. The van der Waals surface area contributed by atoms with Crippen LogP contribution in [0.15, 0.2) is 30.8 Å². The first-order valence-corrected chi connectivity index (χ1v) is 4.86. The first kappa shape index (κ1) is 12.2. The Balaban J connectivity index is 2.47. The molecule has 0 bridgehead atoms. The topological polar surface area (TPSA) is 35.5 Å². The number of hydrogen-bond acceptors (Lipinski definition) is 3. The van der Waals surface area contributed by atoms with E-state index in [1.54, 1.807) is 19.1 Å². The SMILES string of the molecule is C=C(COC(=O)OCC)c1ccc(F)cc1. The minimum Gasteiger partial charge on any atom is -0.435 e. The molecule has 0 fully saturated rings. The quantitative estimate of drug-likeness (QED) is 0.737. The summed E-state index contributed by atoms with van der Waals surface area (Å²) in [5.41, 5.74) is 1.32. The van der Waals surface area contributed by atoms with E-state index in [4.69, 9.17) is 4.74 Å². The molecule has 3 nitrogen and oxygen atoms in total. The average molecular weight is 224 g/mol. The van der Waals surface area contributed by atoms with Crippen LogP contribution in [-0.4, -0.2) is 19.4 Å².